The topological polar surface area (TPSA) is 123 Å². The summed E-state index contributed by atoms with van der Waals surface area (Å²) in [6.45, 7) is 3.43. The number of primary amides is 1. The van der Waals surface area contributed by atoms with E-state index in [1.54, 1.807) is 31.5 Å². The van der Waals surface area contributed by atoms with Gasteiger partial charge in [-0.05, 0) is 26.0 Å². The maximum atomic E-state index is 13.0. The number of rotatable bonds is 6. The lowest BCUT2D eigenvalue weighted by Crippen LogP contribution is -2.59. The van der Waals surface area contributed by atoms with Crippen molar-refractivity contribution < 1.29 is 14.4 Å². The van der Waals surface area contributed by atoms with Crippen molar-refractivity contribution >= 4 is 40.9 Å². The molecule has 1 aliphatic heterocycles. The number of thioether (sulfide) groups is 1. The summed E-state index contributed by atoms with van der Waals surface area (Å²) in [5, 5.41) is 11.5. The van der Waals surface area contributed by atoms with Crippen LogP contribution in [0.4, 0.5) is 11.4 Å². The van der Waals surface area contributed by atoms with Crippen LogP contribution in [0.25, 0.3) is 0 Å². The van der Waals surface area contributed by atoms with Gasteiger partial charge in [0, 0.05) is 19.9 Å². The largest absolute Gasteiger partial charge is 0.370 e. The predicted molar refractivity (Wildman–Crippen MR) is 106 cm³/mol. The lowest BCUT2D eigenvalue weighted by molar-refractivity contribution is -0.125. The second-order valence-electron chi connectivity index (χ2n) is 6.97. The Morgan fingerprint density at radius 1 is 1.25 bits per heavy atom. The summed E-state index contributed by atoms with van der Waals surface area (Å²) < 4.78 is 1.74. The van der Waals surface area contributed by atoms with Crippen LogP contribution in [0.2, 0.25) is 0 Å². The fraction of sp³-hybridized carbons (Fsp3) is 0.389. The van der Waals surface area contributed by atoms with E-state index < -0.39 is 11.4 Å². The molecule has 2 aromatic rings. The van der Waals surface area contributed by atoms with Crippen LogP contribution in [0.3, 0.4) is 0 Å². The number of benzene rings is 1. The summed E-state index contributed by atoms with van der Waals surface area (Å²) in [5.41, 5.74) is 5.43. The first-order valence-electron chi connectivity index (χ1n) is 8.74. The van der Waals surface area contributed by atoms with E-state index in [0.717, 1.165) is 0 Å². The lowest BCUT2D eigenvalue weighted by atomic mass is 9.96. The Labute approximate surface area is 166 Å². The number of para-hydroxylation sites is 2. The summed E-state index contributed by atoms with van der Waals surface area (Å²) in [4.78, 5) is 38.0. The van der Waals surface area contributed by atoms with Gasteiger partial charge in [0.15, 0.2) is 5.16 Å². The number of nitrogens with zero attached hydrogens (tertiary/aromatic N) is 4. The van der Waals surface area contributed by atoms with Crippen LogP contribution in [0, 0.1) is 0 Å². The van der Waals surface area contributed by atoms with Gasteiger partial charge in [0.1, 0.15) is 11.4 Å². The van der Waals surface area contributed by atoms with Crippen molar-refractivity contribution in [1.29, 1.82) is 0 Å². The highest BCUT2D eigenvalue weighted by molar-refractivity contribution is 7.99. The number of anilines is 2. The molecule has 0 radical (unpaired) electrons. The molecule has 0 fully saturated rings. The number of amides is 3. The summed E-state index contributed by atoms with van der Waals surface area (Å²) >= 11 is 1.23. The van der Waals surface area contributed by atoms with Crippen LogP contribution in [0.15, 0.2) is 29.4 Å². The molecule has 1 aromatic heterocycles. The van der Waals surface area contributed by atoms with E-state index in [9.17, 15) is 14.4 Å². The van der Waals surface area contributed by atoms with E-state index >= 15 is 0 Å². The van der Waals surface area contributed by atoms with Gasteiger partial charge in [0.25, 0.3) is 0 Å². The molecule has 0 saturated carbocycles. The minimum absolute atomic E-state index is 0.0901. The van der Waals surface area contributed by atoms with Crippen LogP contribution in [0.1, 0.15) is 26.1 Å². The molecule has 3 rings (SSSR count). The number of nitrogens with two attached hydrogens (primary N) is 1. The number of carbonyl (C=O) groups excluding carboxylic acids is 3. The van der Waals surface area contributed by atoms with Crippen LogP contribution in [0.5, 0.6) is 0 Å². The minimum atomic E-state index is -1.02. The second kappa shape index (κ2) is 7.63. The Kier molecular flexibility index (Phi) is 5.41. The van der Waals surface area contributed by atoms with Crippen molar-refractivity contribution in [3.8, 4) is 0 Å². The van der Waals surface area contributed by atoms with Crippen LogP contribution < -0.4 is 16.0 Å². The zero-order valence-electron chi connectivity index (χ0n) is 15.9. The van der Waals surface area contributed by atoms with E-state index in [2.05, 4.69) is 15.5 Å². The number of aryl methyl sites for hydroxylation is 1. The number of hydrogen-bond acceptors (Lipinski definition) is 6. The Balaban J connectivity index is 1.76. The van der Waals surface area contributed by atoms with Gasteiger partial charge in [0.05, 0.1) is 17.1 Å². The smallest absolute Gasteiger partial charge is 0.250 e. The molecular formula is C18H22N6O3S. The van der Waals surface area contributed by atoms with E-state index in [4.69, 9.17) is 5.73 Å². The normalized spacial score (nSPS) is 15.1. The molecule has 0 atom stereocenters. The third kappa shape index (κ3) is 3.72. The quantitative estimate of drug-likeness (QED) is 0.697. The van der Waals surface area contributed by atoms with Gasteiger partial charge in [0.2, 0.25) is 17.7 Å². The van der Waals surface area contributed by atoms with Crippen molar-refractivity contribution in [3.05, 3.63) is 30.1 Å². The number of nitrogens with one attached hydrogen (secondary N) is 1. The SMILES string of the molecule is Cn1c(CCC(N)=O)nnc1SCC(=O)N1c2ccccc2NC(=O)C1(C)C. The molecule has 1 aliphatic rings. The van der Waals surface area contributed by atoms with Gasteiger partial charge in [-0.3, -0.25) is 19.3 Å². The highest BCUT2D eigenvalue weighted by Gasteiger charge is 2.43. The molecule has 3 N–H and O–H groups in total. The fourth-order valence-electron chi connectivity index (χ4n) is 3.01. The van der Waals surface area contributed by atoms with E-state index in [1.807, 2.05) is 18.2 Å². The van der Waals surface area contributed by atoms with Crippen molar-refractivity contribution in [2.24, 2.45) is 12.8 Å². The average Bonchev–Trinajstić information content (AvgIpc) is 2.98. The first kappa shape index (κ1) is 19.9. The van der Waals surface area contributed by atoms with Crippen LogP contribution >= 0.6 is 11.8 Å². The molecule has 9 nitrogen and oxygen atoms in total. The molecule has 1 aromatic carbocycles. The molecule has 10 heteroatoms. The van der Waals surface area contributed by atoms with E-state index in [-0.39, 0.29) is 24.0 Å². The monoisotopic (exact) mass is 402 g/mol. The Morgan fingerprint density at radius 2 is 1.96 bits per heavy atom. The van der Waals surface area contributed by atoms with Crippen LogP contribution in [-0.2, 0) is 27.9 Å². The molecular weight excluding hydrogens is 380 g/mol. The predicted octanol–water partition coefficient (Wildman–Crippen LogP) is 1.09. The molecule has 0 unspecified atom stereocenters. The third-order valence-corrected chi connectivity index (χ3v) is 5.61. The number of fused-ring (bicyclic) bond motifs is 1. The molecule has 0 aliphatic carbocycles. The number of carbonyl (C=O) groups is 3. The Bertz CT molecular complexity index is 939. The molecule has 0 bridgehead atoms. The van der Waals surface area contributed by atoms with E-state index in [0.29, 0.717) is 28.8 Å². The number of aromatic nitrogens is 3. The van der Waals surface area contributed by atoms with Gasteiger partial charge >= 0.3 is 0 Å². The van der Waals surface area contributed by atoms with Crippen molar-refractivity contribution in [1.82, 2.24) is 14.8 Å². The average molecular weight is 402 g/mol. The van der Waals surface area contributed by atoms with Gasteiger partial charge in [-0.1, -0.05) is 23.9 Å². The Morgan fingerprint density at radius 3 is 2.68 bits per heavy atom. The summed E-state index contributed by atoms with van der Waals surface area (Å²) in [7, 11) is 1.77. The van der Waals surface area contributed by atoms with Crippen LogP contribution in [-0.4, -0.2) is 43.8 Å². The standard InChI is InChI=1S/C18H22N6O3S/c1-18(2)16(27)20-11-6-4-5-7-12(11)24(18)15(26)10-28-17-22-21-14(23(17)3)9-8-13(19)25/h4-7H,8-10H2,1-3H3,(H2,19,25)(H,20,27). The Hall–Kier alpha value is -2.88. The molecule has 3 amide bonds. The zero-order chi connectivity index (χ0) is 20.5. The zero-order valence-corrected chi connectivity index (χ0v) is 16.7. The lowest BCUT2D eigenvalue weighted by Gasteiger charge is -2.42. The van der Waals surface area contributed by atoms with Gasteiger partial charge < -0.3 is 15.6 Å². The molecule has 2 heterocycles. The molecule has 28 heavy (non-hydrogen) atoms. The summed E-state index contributed by atoms with van der Waals surface area (Å²) in [6, 6.07) is 7.21. The molecule has 0 saturated heterocycles. The van der Waals surface area contributed by atoms with Gasteiger partial charge in [-0.25, -0.2) is 0 Å². The number of hydrogen-bond donors (Lipinski definition) is 2. The first-order chi connectivity index (χ1) is 13.2. The van der Waals surface area contributed by atoms with Crippen molar-refractivity contribution in [3.63, 3.8) is 0 Å². The fourth-order valence-corrected chi connectivity index (χ4v) is 3.79. The van der Waals surface area contributed by atoms with Crippen molar-refractivity contribution in [2.45, 2.75) is 37.4 Å². The van der Waals surface area contributed by atoms with Gasteiger partial charge in [-0.15, -0.1) is 10.2 Å². The van der Waals surface area contributed by atoms with Gasteiger partial charge in [-0.2, -0.15) is 0 Å². The first-order valence-corrected chi connectivity index (χ1v) is 9.73. The molecule has 148 valence electrons. The second-order valence-corrected chi connectivity index (χ2v) is 7.91. The van der Waals surface area contributed by atoms with Crippen molar-refractivity contribution in [2.75, 3.05) is 16.0 Å². The third-order valence-electron chi connectivity index (χ3n) is 4.60. The highest BCUT2D eigenvalue weighted by atomic mass is 32.2. The minimum Gasteiger partial charge on any atom is -0.370 e. The summed E-state index contributed by atoms with van der Waals surface area (Å²) in [6.07, 6.45) is 0.573. The highest BCUT2D eigenvalue weighted by Crippen LogP contribution is 2.37. The van der Waals surface area contributed by atoms with E-state index in [1.165, 1.54) is 16.7 Å². The summed E-state index contributed by atoms with van der Waals surface area (Å²) in [5.74, 6) is -0.142. The maximum absolute atomic E-state index is 13.0. The molecule has 0 spiro atoms. The maximum Gasteiger partial charge on any atom is 0.250 e.